The molecule has 1 aliphatic heterocycles. The Hall–Kier alpha value is -1.75. The van der Waals surface area contributed by atoms with E-state index in [1.54, 1.807) is 7.11 Å². The Morgan fingerprint density at radius 2 is 2.17 bits per heavy atom. The first-order valence-corrected chi connectivity index (χ1v) is 8.88. The zero-order valence-electron chi connectivity index (χ0n) is 15.4. The second-order valence-electron chi connectivity index (χ2n) is 6.77. The summed E-state index contributed by atoms with van der Waals surface area (Å²) in [5.74, 6) is 1.50. The Bertz CT molecular complexity index is 533. The van der Waals surface area contributed by atoms with Crippen LogP contribution in [0.25, 0.3) is 0 Å². The smallest absolute Gasteiger partial charge is 0.317 e. The van der Waals surface area contributed by atoms with Crippen LogP contribution in [0.2, 0.25) is 0 Å². The Labute approximate surface area is 146 Å². The molecule has 1 fully saturated rings. The zero-order valence-corrected chi connectivity index (χ0v) is 15.4. The SMILES string of the molecule is CCC1CCCN(C(=O)NCC(c2ccccc2OC)N(C)C)C1. The molecule has 2 rings (SSSR count). The largest absolute Gasteiger partial charge is 0.496 e. The van der Waals surface area contributed by atoms with Crippen LogP contribution in [0.15, 0.2) is 24.3 Å². The summed E-state index contributed by atoms with van der Waals surface area (Å²) in [7, 11) is 5.73. The number of piperidine rings is 1. The number of benzene rings is 1. The van der Waals surface area contributed by atoms with Crippen LogP contribution in [-0.2, 0) is 0 Å². The second-order valence-corrected chi connectivity index (χ2v) is 6.77. The molecule has 24 heavy (non-hydrogen) atoms. The fourth-order valence-corrected chi connectivity index (χ4v) is 3.39. The summed E-state index contributed by atoms with van der Waals surface area (Å²) in [6.45, 7) is 4.52. The first-order chi connectivity index (χ1) is 11.6. The molecule has 5 nitrogen and oxygen atoms in total. The van der Waals surface area contributed by atoms with E-state index in [0.717, 1.165) is 37.2 Å². The van der Waals surface area contributed by atoms with Crippen LogP contribution in [0.1, 0.15) is 37.8 Å². The number of rotatable bonds is 6. The lowest BCUT2D eigenvalue weighted by atomic mass is 9.96. The fraction of sp³-hybridized carbons (Fsp3) is 0.632. The van der Waals surface area contributed by atoms with Gasteiger partial charge in [-0.1, -0.05) is 31.5 Å². The van der Waals surface area contributed by atoms with Crippen LogP contribution in [0.3, 0.4) is 0 Å². The van der Waals surface area contributed by atoms with E-state index in [2.05, 4.69) is 23.2 Å². The molecular formula is C19H31N3O2. The molecule has 134 valence electrons. The van der Waals surface area contributed by atoms with E-state index in [-0.39, 0.29) is 12.1 Å². The summed E-state index contributed by atoms with van der Waals surface area (Å²) in [4.78, 5) is 16.6. The number of para-hydroxylation sites is 1. The topological polar surface area (TPSA) is 44.8 Å². The summed E-state index contributed by atoms with van der Waals surface area (Å²) >= 11 is 0. The summed E-state index contributed by atoms with van der Waals surface area (Å²) in [5.41, 5.74) is 1.09. The van der Waals surface area contributed by atoms with E-state index in [9.17, 15) is 4.79 Å². The molecule has 2 atom stereocenters. The van der Waals surface area contributed by atoms with Crippen molar-refractivity contribution in [1.29, 1.82) is 0 Å². The number of urea groups is 1. The van der Waals surface area contributed by atoms with Gasteiger partial charge in [-0.05, 0) is 38.9 Å². The highest BCUT2D eigenvalue weighted by molar-refractivity contribution is 5.74. The molecular weight excluding hydrogens is 302 g/mol. The first kappa shape index (κ1) is 18.6. The van der Waals surface area contributed by atoms with Gasteiger partial charge >= 0.3 is 6.03 Å². The highest BCUT2D eigenvalue weighted by Crippen LogP contribution is 2.27. The molecule has 2 unspecified atom stereocenters. The molecule has 5 heteroatoms. The predicted molar refractivity (Wildman–Crippen MR) is 97.4 cm³/mol. The van der Waals surface area contributed by atoms with E-state index >= 15 is 0 Å². The van der Waals surface area contributed by atoms with Gasteiger partial charge in [-0.3, -0.25) is 0 Å². The Kier molecular flexibility index (Phi) is 6.91. The van der Waals surface area contributed by atoms with Gasteiger partial charge in [0.15, 0.2) is 0 Å². The van der Waals surface area contributed by atoms with Crippen molar-refractivity contribution < 1.29 is 9.53 Å². The average Bonchev–Trinajstić information content (AvgIpc) is 2.61. The summed E-state index contributed by atoms with van der Waals surface area (Å²) in [5, 5.41) is 3.12. The number of likely N-dealkylation sites (N-methyl/N-ethyl adjacent to an activating group) is 1. The van der Waals surface area contributed by atoms with Gasteiger partial charge in [0.05, 0.1) is 13.2 Å². The third kappa shape index (κ3) is 4.63. The molecule has 1 aromatic rings. The van der Waals surface area contributed by atoms with Crippen LogP contribution >= 0.6 is 0 Å². The molecule has 0 saturated carbocycles. The molecule has 0 aliphatic carbocycles. The minimum absolute atomic E-state index is 0.0508. The summed E-state index contributed by atoms with van der Waals surface area (Å²) in [6.07, 6.45) is 3.49. The number of methoxy groups -OCH3 is 1. The van der Waals surface area contributed by atoms with Crippen molar-refractivity contribution in [3.8, 4) is 5.75 Å². The minimum atomic E-state index is 0.0508. The number of carbonyl (C=O) groups is 1. The van der Waals surface area contributed by atoms with E-state index in [0.29, 0.717) is 12.5 Å². The van der Waals surface area contributed by atoms with Gasteiger partial charge in [0.2, 0.25) is 0 Å². The number of hydrogen-bond donors (Lipinski definition) is 1. The zero-order chi connectivity index (χ0) is 17.5. The molecule has 1 aromatic carbocycles. The fourth-order valence-electron chi connectivity index (χ4n) is 3.39. The first-order valence-electron chi connectivity index (χ1n) is 8.88. The van der Waals surface area contributed by atoms with Gasteiger partial charge in [-0.25, -0.2) is 4.79 Å². The Morgan fingerprint density at radius 1 is 1.42 bits per heavy atom. The molecule has 2 amide bonds. The molecule has 1 saturated heterocycles. The summed E-state index contributed by atoms with van der Waals surface area (Å²) in [6, 6.07) is 8.12. The highest BCUT2D eigenvalue weighted by atomic mass is 16.5. The maximum atomic E-state index is 12.5. The van der Waals surface area contributed by atoms with Gasteiger partial charge in [-0.2, -0.15) is 0 Å². The average molecular weight is 333 g/mol. The van der Waals surface area contributed by atoms with Gasteiger partial charge in [0.1, 0.15) is 5.75 Å². The number of ether oxygens (including phenoxy) is 1. The number of nitrogens with one attached hydrogen (secondary N) is 1. The van der Waals surface area contributed by atoms with E-state index in [1.807, 2.05) is 37.2 Å². The van der Waals surface area contributed by atoms with E-state index in [1.165, 1.54) is 6.42 Å². The Morgan fingerprint density at radius 3 is 2.83 bits per heavy atom. The minimum Gasteiger partial charge on any atom is -0.496 e. The molecule has 0 bridgehead atoms. The van der Waals surface area contributed by atoms with Crippen molar-refractivity contribution in [1.82, 2.24) is 15.1 Å². The maximum absolute atomic E-state index is 12.5. The molecule has 1 N–H and O–H groups in total. The summed E-state index contributed by atoms with van der Waals surface area (Å²) < 4.78 is 5.48. The number of nitrogens with zero attached hydrogens (tertiary/aromatic N) is 2. The normalized spacial score (nSPS) is 19.2. The van der Waals surface area contributed by atoms with Crippen molar-refractivity contribution in [2.45, 2.75) is 32.2 Å². The molecule has 1 aliphatic rings. The van der Waals surface area contributed by atoms with Crippen LogP contribution in [0.5, 0.6) is 5.75 Å². The van der Waals surface area contributed by atoms with Crippen molar-refractivity contribution in [2.24, 2.45) is 5.92 Å². The van der Waals surface area contributed by atoms with Crippen molar-refractivity contribution in [3.63, 3.8) is 0 Å². The lowest BCUT2D eigenvalue weighted by Crippen LogP contribution is -2.47. The third-order valence-electron chi connectivity index (χ3n) is 4.95. The predicted octanol–water partition coefficient (Wildman–Crippen LogP) is 3.13. The van der Waals surface area contributed by atoms with Crippen LogP contribution in [0.4, 0.5) is 4.79 Å². The van der Waals surface area contributed by atoms with Gasteiger partial charge < -0.3 is 19.9 Å². The monoisotopic (exact) mass is 333 g/mol. The van der Waals surface area contributed by atoms with Crippen LogP contribution < -0.4 is 10.1 Å². The second kappa shape index (κ2) is 8.92. The number of likely N-dealkylation sites (tertiary alicyclic amines) is 1. The number of carbonyl (C=O) groups excluding carboxylic acids is 1. The standard InChI is InChI=1S/C19H31N3O2/c1-5-15-9-8-12-22(14-15)19(23)20-13-17(21(2)3)16-10-6-7-11-18(16)24-4/h6-7,10-11,15,17H,5,8-9,12-14H2,1-4H3,(H,20,23). The van der Waals surface area contributed by atoms with Gasteiger partial charge in [0, 0.05) is 25.2 Å². The van der Waals surface area contributed by atoms with Crippen molar-refractivity contribution in [3.05, 3.63) is 29.8 Å². The third-order valence-corrected chi connectivity index (χ3v) is 4.95. The van der Waals surface area contributed by atoms with Crippen LogP contribution in [0, 0.1) is 5.92 Å². The maximum Gasteiger partial charge on any atom is 0.317 e. The molecule has 0 radical (unpaired) electrons. The van der Waals surface area contributed by atoms with Crippen LogP contribution in [-0.4, -0.2) is 56.7 Å². The van der Waals surface area contributed by atoms with E-state index < -0.39 is 0 Å². The molecule has 1 heterocycles. The number of amides is 2. The lowest BCUT2D eigenvalue weighted by molar-refractivity contribution is 0.160. The molecule has 0 aromatic heterocycles. The van der Waals surface area contributed by atoms with Crippen molar-refractivity contribution in [2.75, 3.05) is 40.8 Å². The van der Waals surface area contributed by atoms with Gasteiger partial charge in [-0.15, -0.1) is 0 Å². The number of hydrogen-bond acceptors (Lipinski definition) is 3. The molecule has 0 spiro atoms. The quantitative estimate of drug-likeness (QED) is 0.870. The Balaban J connectivity index is 2.00. The van der Waals surface area contributed by atoms with E-state index in [4.69, 9.17) is 4.74 Å². The lowest BCUT2D eigenvalue weighted by Gasteiger charge is -2.33. The van der Waals surface area contributed by atoms with Gasteiger partial charge in [0.25, 0.3) is 0 Å². The highest BCUT2D eigenvalue weighted by Gasteiger charge is 2.24. The van der Waals surface area contributed by atoms with Crippen molar-refractivity contribution >= 4 is 6.03 Å².